The van der Waals surface area contributed by atoms with E-state index in [0.29, 0.717) is 5.88 Å². The Kier molecular flexibility index (Phi) is 4.18. The van der Waals surface area contributed by atoms with Gasteiger partial charge >= 0.3 is 0 Å². The number of nitrogens with zero attached hydrogens (tertiary/aromatic N) is 1. The molecule has 1 aromatic carbocycles. The van der Waals surface area contributed by atoms with Gasteiger partial charge < -0.3 is 9.64 Å². The zero-order valence-electron chi connectivity index (χ0n) is 10.1. The zero-order valence-corrected chi connectivity index (χ0v) is 11.6. The van der Waals surface area contributed by atoms with Gasteiger partial charge in [0.15, 0.2) is 0 Å². The Morgan fingerprint density at radius 3 is 2.53 bits per heavy atom. The van der Waals surface area contributed by atoms with Crippen LogP contribution in [0.2, 0.25) is 5.02 Å². The number of alkyl halides is 1. The molecule has 1 aromatic rings. The van der Waals surface area contributed by atoms with Crippen molar-refractivity contribution in [1.82, 2.24) is 0 Å². The van der Waals surface area contributed by atoms with Crippen molar-refractivity contribution in [2.24, 2.45) is 0 Å². The topological polar surface area (TPSA) is 12.5 Å². The van der Waals surface area contributed by atoms with Crippen LogP contribution in [0.1, 0.15) is 19.4 Å². The first-order valence-electron chi connectivity index (χ1n) is 5.85. The molecule has 0 radical (unpaired) electrons. The second-order valence-corrected chi connectivity index (χ2v) is 5.27. The van der Waals surface area contributed by atoms with Crippen LogP contribution in [0.3, 0.4) is 0 Å². The van der Waals surface area contributed by atoms with Gasteiger partial charge in [-0.1, -0.05) is 17.7 Å². The highest BCUT2D eigenvalue weighted by atomic mass is 35.5. The SMILES string of the molecule is C[C@@H]1CN(c2cc(Cl)ccc2CCl)C[C@H](C)O1. The molecule has 1 aliphatic heterocycles. The molecule has 1 fully saturated rings. The van der Waals surface area contributed by atoms with Crippen LogP contribution in [-0.4, -0.2) is 25.3 Å². The molecule has 1 aliphatic rings. The fourth-order valence-electron chi connectivity index (χ4n) is 2.32. The van der Waals surface area contributed by atoms with Crippen molar-refractivity contribution in [1.29, 1.82) is 0 Å². The Labute approximate surface area is 112 Å². The molecule has 0 amide bonds. The minimum atomic E-state index is 0.237. The Morgan fingerprint density at radius 2 is 1.94 bits per heavy atom. The predicted molar refractivity (Wildman–Crippen MR) is 73.2 cm³/mol. The van der Waals surface area contributed by atoms with E-state index in [9.17, 15) is 0 Å². The maximum atomic E-state index is 6.06. The van der Waals surface area contributed by atoms with Gasteiger partial charge in [-0.15, -0.1) is 11.6 Å². The first-order chi connectivity index (χ1) is 8.10. The van der Waals surface area contributed by atoms with E-state index in [4.69, 9.17) is 27.9 Å². The van der Waals surface area contributed by atoms with Crippen LogP contribution in [0, 0.1) is 0 Å². The largest absolute Gasteiger partial charge is 0.372 e. The first-order valence-corrected chi connectivity index (χ1v) is 6.76. The van der Waals surface area contributed by atoms with E-state index in [1.54, 1.807) is 0 Å². The van der Waals surface area contributed by atoms with Crippen molar-refractivity contribution in [2.45, 2.75) is 31.9 Å². The summed E-state index contributed by atoms with van der Waals surface area (Å²) in [6.45, 7) is 5.95. The van der Waals surface area contributed by atoms with Gasteiger partial charge in [0.2, 0.25) is 0 Å². The number of benzene rings is 1. The normalized spacial score (nSPS) is 25.1. The highest BCUT2D eigenvalue weighted by Gasteiger charge is 2.23. The fourth-order valence-corrected chi connectivity index (χ4v) is 2.71. The molecule has 0 aliphatic carbocycles. The van der Waals surface area contributed by atoms with Gasteiger partial charge in [-0.3, -0.25) is 0 Å². The lowest BCUT2D eigenvalue weighted by atomic mass is 10.1. The number of hydrogen-bond donors (Lipinski definition) is 0. The van der Waals surface area contributed by atoms with Crippen LogP contribution in [0.15, 0.2) is 18.2 Å². The van der Waals surface area contributed by atoms with E-state index in [-0.39, 0.29) is 12.2 Å². The summed E-state index contributed by atoms with van der Waals surface area (Å²) in [4.78, 5) is 2.31. The molecule has 0 bridgehead atoms. The van der Waals surface area contributed by atoms with Crippen molar-refractivity contribution < 1.29 is 4.74 Å². The van der Waals surface area contributed by atoms with E-state index in [1.165, 1.54) is 0 Å². The van der Waals surface area contributed by atoms with Crippen molar-refractivity contribution in [3.05, 3.63) is 28.8 Å². The molecule has 0 saturated carbocycles. The summed E-state index contributed by atoms with van der Waals surface area (Å²) < 4.78 is 5.73. The van der Waals surface area contributed by atoms with Crippen LogP contribution in [0.25, 0.3) is 0 Å². The van der Waals surface area contributed by atoms with Gasteiger partial charge in [-0.2, -0.15) is 0 Å². The van der Waals surface area contributed by atoms with Crippen LogP contribution >= 0.6 is 23.2 Å². The number of halogens is 2. The second kappa shape index (κ2) is 5.47. The van der Waals surface area contributed by atoms with Gasteiger partial charge in [-0.25, -0.2) is 0 Å². The lowest BCUT2D eigenvalue weighted by molar-refractivity contribution is -0.00524. The molecule has 0 aromatic heterocycles. The number of rotatable bonds is 2. The maximum absolute atomic E-state index is 6.06. The standard InChI is InChI=1S/C13H17Cl2NO/c1-9-7-16(8-10(2)17-9)13-5-12(15)4-3-11(13)6-14/h3-5,9-10H,6-8H2,1-2H3/t9-,10+. The molecule has 2 atom stereocenters. The quantitative estimate of drug-likeness (QED) is 0.762. The van der Waals surface area contributed by atoms with Crippen LogP contribution in [-0.2, 0) is 10.6 Å². The van der Waals surface area contributed by atoms with E-state index in [0.717, 1.165) is 29.4 Å². The molecular weight excluding hydrogens is 257 g/mol. The fraction of sp³-hybridized carbons (Fsp3) is 0.538. The van der Waals surface area contributed by atoms with Gasteiger partial charge in [-0.05, 0) is 31.5 Å². The molecule has 2 nitrogen and oxygen atoms in total. The highest BCUT2D eigenvalue weighted by Crippen LogP contribution is 2.28. The average molecular weight is 274 g/mol. The lowest BCUT2D eigenvalue weighted by Gasteiger charge is -2.37. The third-order valence-corrected chi connectivity index (χ3v) is 3.47. The lowest BCUT2D eigenvalue weighted by Crippen LogP contribution is -2.45. The van der Waals surface area contributed by atoms with Crippen molar-refractivity contribution in [3.63, 3.8) is 0 Å². The number of anilines is 1. The zero-order chi connectivity index (χ0) is 12.4. The Hall–Kier alpha value is -0.440. The molecular formula is C13H17Cl2NO. The number of hydrogen-bond acceptors (Lipinski definition) is 2. The summed E-state index contributed by atoms with van der Waals surface area (Å²) in [5, 5.41) is 0.751. The molecule has 1 saturated heterocycles. The van der Waals surface area contributed by atoms with Gasteiger partial charge in [0.1, 0.15) is 0 Å². The first kappa shape index (κ1) is 13.0. The van der Waals surface area contributed by atoms with Gasteiger partial charge in [0.05, 0.1) is 12.2 Å². The van der Waals surface area contributed by atoms with Crippen LogP contribution in [0.5, 0.6) is 0 Å². The average Bonchev–Trinajstić information content (AvgIpc) is 2.27. The van der Waals surface area contributed by atoms with Crippen LogP contribution in [0.4, 0.5) is 5.69 Å². The van der Waals surface area contributed by atoms with E-state index >= 15 is 0 Å². The van der Waals surface area contributed by atoms with E-state index in [2.05, 4.69) is 18.7 Å². The molecule has 0 unspecified atom stereocenters. The van der Waals surface area contributed by atoms with Crippen LogP contribution < -0.4 is 4.90 Å². The molecule has 2 rings (SSSR count). The van der Waals surface area contributed by atoms with E-state index in [1.807, 2.05) is 18.2 Å². The van der Waals surface area contributed by atoms with Crippen molar-refractivity contribution in [3.8, 4) is 0 Å². The summed E-state index contributed by atoms with van der Waals surface area (Å²) in [6.07, 6.45) is 0.474. The number of ether oxygens (including phenoxy) is 1. The van der Waals surface area contributed by atoms with Crippen molar-refractivity contribution >= 4 is 28.9 Å². The molecule has 0 spiro atoms. The summed E-state index contributed by atoms with van der Waals surface area (Å²) in [5.74, 6) is 0.507. The Morgan fingerprint density at radius 1 is 1.29 bits per heavy atom. The molecule has 94 valence electrons. The monoisotopic (exact) mass is 273 g/mol. The van der Waals surface area contributed by atoms with E-state index < -0.39 is 0 Å². The highest BCUT2D eigenvalue weighted by molar-refractivity contribution is 6.31. The minimum Gasteiger partial charge on any atom is -0.372 e. The summed E-state index contributed by atoms with van der Waals surface area (Å²) in [6, 6.07) is 5.87. The van der Waals surface area contributed by atoms with Gasteiger partial charge in [0.25, 0.3) is 0 Å². The third kappa shape index (κ3) is 3.06. The maximum Gasteiger partial charge on any atom is 0.0726 e. The summed E-state index contributed by atoms with van der Waals surface area (Å²) in [5.41, 5.74) is 2.26. The summed E-state index contributed by atoms with van der Waals surface area (Å²) >= 11 is 12.0. The third-order valence-electron chi connectivity index (χ3n) is 2.95. The minimum absolute atomic E-state index is 0.237. The molecule has 4 heteroatoms. The second-order valence-electron chi connectivity index (χ2n) is 4.57. The smallest absolute Gasteiger partial charge is 0.0726 e. The Balaban J connectivity index is 2.28. The molecule has 0 N–H and O–H groups in total. The predicted octanol–water partition coefficient (Wildman–Crippen LogP) is 3.69. The molecule has 1 heterocycles. The van der Waals surface area contributed by atoms with Gasteiger partial charge in [0, 0.05) is 29.7 Å². The summed E-state index contributed by atoms with van der Waals surface area (Å²) in [7, 11) is 0. The Bertz CT molecular complexity index is 387. The molecule has 17 heavy (non-hydrogen) atoms. The number of morpholine rings is 1. The van der Waals surface area contributed by atoms with Crippen molar-refractivity contribution in [2.75, 3.05) is 18.0 Å².